The van der Waals surface area contributed by atoms with Crippen molar-refractivity contribution in [2.75, 3.05) is 7.05 Å². The summed E-state index contributed by atoms with van der Waals surface area (Å²) in [5.74, 6) is 0.755. The smallest absolute Gasteiger partial charge is 0.0969 e. The number of fused-ring (bicyclic) bond motifs is 1. The molecule has 0 atom stereocenters. The second-order valence-electron chi connectivity index (χ2n) is 4.51. The third kappa shape index (κ3) is 1.74. The predicted molar refractivity (Wildman–Crippen MR) is 69.0 cm³/mol. The molecule has 3 rings (SSSR count). The van der Waals surface area contributed by atoms with E-state index < -0.39 is 0 Å². The number of nitrogens with one attached hydrogen (secondary N) is 1. The molecule has 0 radical (unpaired) electrons. The maximum Gasteiger partial charge on any atom is 0.0969 e. The van der Waals surface area contributed by atoms with Crippen LogP contribution in [0.3, 0.4) is 0 Å². The van der Waals surface area contributed by atoms with Gasteiger partial charge in [0.25, 0.3) is 0 Å². The van der Waals surface area contributed by atoms with Crippen molar-refractivity contribution in [1.82, 2.24) is 10.3 Å². The SMILES string of the molecule is CNCc1ccc2sc(C3CCC3)nc2c1. The summed E-state index contributed by atoms with van der Waals surface area (Å²) in [6.45, 7) is 0.923. The van der Waals surface area contributed by atoms with Crippen LogP contribution in [-0.2, 0) is 6.54 Å². The van der Waals surface area contributed by atoms with Gasteiger partial charge in [0.15, 0.2) is 0 Å². The third-order valence-electron chi connectivity index (χ3n) is 3.30. The first-order valence-corrected chi connectivity index (χ1v) is 6.72. The molecule has 1 aromatic heterocycles. The van der Waals surface area contributed by atoms with Gasteiger partial charge in [0, 0.05) is 12.5 Å². The van der Waals surface area contributed by atoms with E-state index in [1.165, 1.54) is 40.1 Å². The molecule has 0 aliphatic heterocycles. The normalized spacial score (nSPS) is 16.6. The standard InChI is InChI=1S/C13H16N2S/c1-14-8-9-5-6-12-11(7-9)15-13(16-12)10-3-2-4-10/h5-7,10,14H,2-4,8H2,1H3. The predicted octanol–water partition coefficient (Wildman–Crippen LogP) is 3.28. The van der Waals surface area contributed by atoms with Crippen molar-refractivity contribution in [3.63, 3.8) is 0 Å². The van der Waals surface area contributed by atoms with Gasteiger partial charge < -0.3 is 5.32 Å². The Morgan fingerprint density at radius 1 is 1.44 bits per heavy atom. The van der Waals surface area contributed by atoms with Crippen LogP contribution in [0.1, 0.15) is 35.8 Å². The summed E-state index contributed by atoms with van der Waals surface area (Å²) in [6, 6.07) is 6.62. The highest BCUT2D eigenvalue weighted by atomic mass is 32.1. The molecule has 1 heterocycles. The summed E-state index contributed by atoms with van der Waals surface area (Å²) in [6.07, 6.45) is 4.05. The average Bonchev–Trinajstić information content (AvgIpc) is 2.57. The van der Waals surface area contributed by atoms with Gasteiger partial charge in [-0.3, -0.25) is 0 Å². The molecule has 0 unspecified atom stereocenters. The van der Waals surface area contributed by atoms with Crippen LogP contribution in [0.2, 0.25) is 0 Å². The Balaban J connectivity index is 1.96. The average molecular weight is 232 g/mol. The van der Waals surface area contributed by atoms with Crippen molar-refractivity contribution in [2.45, 2.75) is 31.7 Å². The number of hydrogen-bond acceptors (Lipinski definition) is 3. The zero-order valence-electron chi connectivity index (χ0n) is 9.49. The van der Waals surface area contributed by atoms with E-state index in [1.54, 1.807) is 0 Å². The lowest BCUT2D eigenvalue weighted by atomic mass is 9.86. The van der Waals surface area contributed by atoms with Crippen LogP contribution in [0, 0.1) is 0 Å². The Morgan fingerprint density at radius 2 is 2.31 bits per heavy atom. The van der Waals surface area contributed by atoms with Crippen LogP contribution in [0.5, 0.6) is 0 Å². The van der Waals surface area contributed by atoms with Crippen LogP contribution < -0.4 is 5.32 Å². The fourth-order valence-electron chi connectivity index (χ4n) is 2.13. The van der Waals surface area contributed by atoms with Gasteiger partial charge >= 0.3 is 0 Å². The van der Waals surface area contributed by atoms with Crippen LogP contribution in [0.25, 0.3) is 10.2 Å². The van der Waals surface area contributed by atoms with Crippen molar-refractivity contribution in [3.05, 3.63) is 28.8 Å². The minimum Gasteiger partial charge on any atom is -0.316 e. The van der Waals surface area contributed by atoms with E-state index in [0.29, 0.717) is 0 Å². The van der Waals surface area contributed by atoms with Crippen molar-refractivity contribution < 1.29 is 0 Å². The van der Waals surface area contributed by atoms with Crippen LogP contribution in [-0.4, -0.2) is 12.0 Å². The summed E-state index contributed by atoms with van der Waals surface area (Å²) in [5, 5.41) is 4.53. The summed E-state index contributed by atoms with van der Waals surface area (Å²) in [4.78, 5) is 4.77. The first kappa shape index (κ1) is 10.2. The molecule has 0 amide bonds. The van der Waals surface area contributed by atoms with Crippen molar-refractivity contribution >= 4 is 21.6 Å². The fraction of sp³-hybridized carbons (Fsp3) is 0.462. The molecular formula is C13H16N2S. The lowest BCUT2D eigenvalue weighted by molar-refractivity contribution is 0.419. The third-order valence-corrected chi connectivity index (χ3v) is 4.50. The summed E-state index contributed by atoms with van der Waals surface area (Å²) in [5.41, 5.74) is 2.50. The molecule has 1 saturated carbocycles. The molecule has 0 bridgehead atoms. The number of thiazole rings is 1. The van der Waals surface area contributed by atoms with E-state index >= 15 is 0 Å². The maximum atomic E-state index is 4.77. The molecule has 2 nitrogen and oxygen atoms in total. The number of rotatable bonds is 3. The quantitative estimate of drug-likeness (QED) is 0.878. The van der Waals surface area contributed by atoms with Crippen molar-refractivity contribution in [1.29, 1.82) is 0 Å². The molecule has 0 saturated heterocycles. The molecule has 1 aromatic carbocycles. The zero-order valence-corrected chi connectivity index (χ0v) is 10.3. The van der Waals surface area contributed by atoms with Gasteiger partial charge in [-0.05, 0) is 37.6 Å². The topological polar surface area (TPSA) is 24.9 Å². The lowest BCUT2D eigenvalue weighted by Gasteiger charge is -2.22. The molecular weight excluding hydrogens is 216 g/mol. The molecule has 1 N–H and O–H groups in total. The Bertz CT molecular complexity index is 500. The van der Waals surface area contributed by atoms with Gasteiger partial charge in [-0.2, -0.15) is 0 Å². The molecule has 1 aliphatic carbocycles. The number of hydrogen-bond donors (Lipinski definition) is 1. The van der Waals surface area contributed by atoms with Crippen LogP contribution >= 0.6 is 11.3 Å². The van der Waals surface area contributed by atoms with Gasteiger partial charge in [-0.25, -0.2) is 4.98 Å². The van der Waals surface area contributed by atoms with Crippen LogP contribution in [0.15, 0.2) is 18.2 Å². The van der Waals surface area contributed by atoms with E-state index in [1.807, 2.05) is 18.4 Å². The van der Waals surface area contributed by atoms with Gasteiger partial charge in [-0.1, -0.05) is 12.5 Å². The molecule has 1 fully saturated rings. The van der Waals surface area contributed by atoms with Gasteiger partial charge in [0.05, 0.1) is 15.2 Å². The van der Waals surface area contributed by atoms with E-state index in [2.05, 4.69) is 23.5 Å². The molecule has 1 aliphatic rings. The van der Waals surface area contributed by atoms with Gasteiger partial charge in [-0.15, -0.1) is 11.3 Å². The van der Waals surface area contributed by atoms with Gasteiger partial charge in [0.1, 0.15) is 0 Å². The molecule has 2 aromatic rings. The Morgan fingerprint density at radius 3 is 3.00 bits per heavy atom. The largest absolute Gasteiger partial charge is 0.316 e. The Hall–Kier alpha value is -0.930. The number of nitrogens with zero attached hydrogens (tertiary/aromatic N) is 1. The van der Waals surface area contributed by atoms with Crippen molar-refractivity contribution in [2.24, 2.45) is 0 Å². The van der Waals surface area contributed by atoms with E-state index in [-0.39, 0.29) is 0 Å². The van der Waals surface area contributed by atoms with E-state index in [4.69, 9.17) is 4.98 Å². The first-order valence-electron chi connectivity index (χ1n) is 5.91. The highest BCUT2D eigenvalue weighted by Crippen LogP contribution is 2.39. The number of aromatic nitrogens is 1. The lowest BCUT2D eigenvalue weighted by Crippen LogP contribution is -2.07. The van der Waals surface area contributed by atoms with E-state index in [9.17, 15) is 0 Å². The zero-order chi connectivity index (χ0) is 11.0. The second kappa shape index (κ2) is 4.15. The fourth-order valence-corrected chi connectivity index (χ4v) is 3.25. The molecule has 84 valence electrons. The maximum absolute atomic E-state index is 4.77. The number of benzene rings is 1. The molecule has 16 heavy (non-hydrogen) atoms. The summed E-state index contributed by atoms with van der Waals surface area (Å²) >= 11 is 1.88. The summed E-state index contributed by atoms with van der Waals surface area (Å²) < 4.78 is 1.33. The minimum atomic E-state index is 0.755. The van der Waals surface area contributed by atoms with Crippen LogP contribution in [0.4, 0.5) is 0 Å². The van der Waals surface area contributed by atoms with E-state index in [0.717, 1.165) is 12.5 Å². The Labute approximate surface area is 99.7 Å². The summed E-state index contributed by atoms with van der Waals surface area (Å²) in [7, 11) is 1.98. The molecule has 0 spiro atoms. The highest BCUT2D eigenvalue weighted by Gasteiger charge is 2.22. The first-order chi connectivity index (χ1) is 7.86. The highest BCUT2D eigenvalue weighted by molar-refractivity contribution is 7.18. The Kier molecular flexibility index (Phi) is 2.65. The van der Waals surface area contributed by atoms with Gasteiger partial charge in [0.2, 0.25) is 0 Å². The minimum absolute atomic E-state index is 0.755. The van der Waals surface area contributed by atoms with Crippen molar-refractivity contribution in [3.8, 4) is 0 Å². The monoisotopic (exact) mass is 232 g/mol. The molecule has 3 heteroatoms. The second-order valence-corrected chi connectivity index (χ2v) is 5.57.